The van der Waals surface area contributed by atoms with E-state index in [0.717, 1.165) is 12.3 Å². The van der Waals surface area contributed by atoms with E-state index in [0.29, 0.717) is 19.5 Å². The lowest BCUT2D eigenvalue weighted by atomic mass is 10.0. The Morgan fingerprint density at radius 3 is 2.41 bits per heavy atom. The Kier molecular flexibility index (Phi) is 5.44. The molecule has 0 heterocycles. The molecule has 1 N–H and O–H groups in total. The normalized spacial score (nSPS) is 17.4. The van der Waals surface area contributed by atoms with Crippen LogP contribution in [-0.2, 0) is 4.79 Å². The van der Waals surface area contributed by atoms with Crippen molar-refractivity contribution in [2.75, 3.05) is 13.1 Å². The molecule has 1 fully saturated rings. The summed E-state index contributed by atoms with van der Waals surface area (Å²) in [6, 6.07) is 0. The van der Waals surface area contributed by atoms with Crippen LogP contribution in [0, 0.1) is 5.92 Å². The van der Waals surface area contributed by atoms with Gasteiger partial charge in [0.25, 0.3) is 0 Å². The van der Waals surface area contributed by atoms with E-state index in [-0.39, 0.29) is 5.91 Å². The number of nitrogens with zero attached hydrogens (tertiary/aromatic N) is 1. The summed E-state index contributed by atoms with van der Waals surface area (Å²) in [5, 5.41) is 9.75. The van der Waals surface area contributed by atoms with E-state index in [1.807, 2.05) is 6.92 Å². The van der Waals surface area contributed by atoms with Gasteiger partial charge in [0.2, 0.25) is 5.91 Å². The fourth-order valence-corrected chi connectivity index (χ4v) is 2.63. The lowest BCUT2D eigenvalue weighted by molar-refractivity contribution is -0.134. The molecule has 0 aromatic rings. The number of aliphatic hydroxyl groups is 1. The molecule has 3 nitrogen and oxygen atoms in total. The molecule has 1 amide bonds. The number of rotatable bonds is 6. The Balaban J connectivity index is 2.32. The summed E-state index contributed by atoms with van der Waals surface area (Å²) in [4.78, 5) is 13.8. The first kappa shape index (κ1) is 14.5. The number of carbonyl (C=O) groups is 1. The first-order valence-electron chi connectivity index (χ1n) is 6.92. The number of amides is 1. The molecule has 0 atom stereocenters. The second-order valence-electron chi connectivity index (χ2n) is 5.91. The molecule has 0 bridgehead atoms. The molecule has 3 heteroatoms. The molecule has 17 heavy (non-hydrogen) atoms. The van der Waals surface area contributed by atoms with E-state index < -0.39 is 5.60 Å². The fraction of sp³-hybridized carbons (Fsp3) is 0.929. The lowest BCUT2D eigenvalue weighted by Gasteiger charge is -2.28. The van der Waals surface area contributed by atoms with Gasteiger partial charge in [0, 0.05) is 19.5 Å². The number of hydrogen-bond acceptors (Lipinski definition) is 2. The zero-order chi connectivity index (χ0) is 12.9. The molecule has 1 rings (SSSR count). The van der Waals surface area contributed by atoms with Crippen molar-refractivity contribution in [2.45, 2.75) is 64.9 Å². The third-order valence-electron chi connectivity index (χ3n) is 3.55. The summed E-state index contributed by atoms with van der Waals surface area (Å²) in [7, 11) is 0. The second kappa shape index (κ2) is 6.39. The molecule has 0 radical (unpaired) electrons. The summed E-state index contributed by atoms with van der Waals surface area (Å²) in [6.07, 6.45) is 6.94. The predicted molar refractivity (Wildman–Crippen MR) is 69.7 cm³/mol. The minimum Gasteiger partial charge on any atom is -0.389 e. The molecule has 100 valence electrons. The molecule has 1 aliphatic carbocycles. The third kappa shape index (κ3) is 5.53. The largest absolute Gasteiger partial charge is 0.389 e. The maximum Gasteiger partial charge on any atom is 0.222 e. The van der Waals surface area contributed by atoms with Crippen LogP contribution < -0.4 is 0 Å². The van der Waals surface area contributed by atoms with Crippen molar-refractivity contribution in [2.24, 2.45) is 5.92 Å². The highest BCUT2D eigenvalue weighted by Crippen LogP contribution is 2.28. The standard InChI is InChI=1S/C14H27NO2/c1-4-15(11-14(2,3)17)13(16)10-9-12-7-5-6-8-12/h12,17H,4-11H2,1-3H3. The van der Waals surface area contributed by atoms with E-state index in [1.54, 1.807) is 18.7 Å². The SMILES string of the molecule is CCN(CC(C)(C)O)C(=O)CCC1CCCC1. The Morgan fingerprint density at radius 2 is 1.94 bits per heavy atom. The molecule has 0 unspecified atom stereocenters. The molecule has 1 saturated carbocycles. The van der Waals surface area contributed by atoms with Crippen LogP contribution in [0.2, 0.25) is 0 Å². The second-order valence-corrected chi connectivity index (χ2v) is 5.91. The Labute approximate surface area is 105 Å². The van der Waals surface area contributed by atoms with Gasteiger partial charge in [-0.05, 0) is 33.1 Å². The zero-order valence-electron chi connectivity index (χ0n) is 11.5. The zero-order valence-corrected chi connectivity index (χ0v) is 11.5. The van der Waals surface area contributed by atoms with Gasteiger partial charge in [-0.15, -0.1) is 0 Å². The van der Waals surface area contributed by atoms with Crippen molar-refractivity contribution in [3.8, 4) is 0 Å². The topological polar surface area (TPSA) is 40.5 Å². The lowest BCUT2D eigenvalue weighted by Crippen LogP contribution is -2.42. The smallest absolute Gasteiger partial charge is 0.222 e. The maximum absolute atomic E-state index is 12.0. The summed E-state index contributed by atoms with van der Waals surface area (Å²) in [5.41, 5.74) is -0.793. The number of carbonyl (C=O) groups excluding carboxylic acids is 1. The van der Waals surface area contributed by atoms with E-state index in [4.69, 9.17) is 0 Å². The average Bonchev–Trinajstić information content (AvgIpc) is 2.74. The molecule has 0 spiro atoms. The summed E-state index contributed by atoms with van der Waals surface area (Å²) in [5.74, 6) is 0.960. The first-order chi connectivity index (χ1) is 7.92. The van der Waals surface area contributed by atoms with Gasteiger partial charge in [-0.25, -0.2) is 0 Å². The van der Waals surface area contributed by atoms with Gasteiger partial charge in [-0.3, -0.25) is 4.79 Å². The van der Waals surface area contributed by atoms with Crippen molar-refractivity contribution >= 4 is 5.91 Å². The Bertz CT molecular complexity index is 239. The van der Waals surface area contributed by atoms with E-state index in [1.165, 1.54) is 25.7 Å². The van der Waals surface area contributed by atoms with Crippen molar-refractivity contribution in [1.82, 2.24) is 4.90 Å². The molecule has 0 saturated heterocycles. The third-order valence-corrected chi connectivity index (χ3v) is 3.55. The van der Waals surface area contributed by atoms with Gasteiger partial charge in [-0.2, -0.15) is 0 Å². The van der Waals surface area contributed by atoms with Gasteiger partial charge in [0.1, 0.15) is 0 Å². The molecular formula is C14H27NO2. The van der Waals surface area contributed by atoms with Crippen LogP contribution in [-0.4, -0.2) is 34.6 Å². The number of hydrogen-bond donors (Lipinski definition) is 1. The van der Waals surface area contributed by atoms with Gasteiger partial charge >= 0.3 is 0 Å². The molecule has 0 aromatic heterocycles. The van der Waals surface area contributed by atoms with Crippen LogP contribution in [0.4, 0.5) is 0 Å². The highest BCUT2D eigenvalue weighted by Gasteiger charge is 2.22. The van der Waals surface area contributed by atoms with Gasteiger partial charge < -0.3 is 10.0 Å². The average molecular weight is 241 g/mol. The maximum atomic E-state index is 12.0. The summed E-state index contributed by atoms with van der Waals surface area (Å²) in [6.45, 7) is 6.60. The minimum atomic E-state index is -0.793. The molecular weight excluding hydrogens is 214 g/mol. The van der Waals surface area contributed by atoms with Gasteiger partial charge in [0.15, 0.2) is 0 Å². The van der Waals surface area contributed by atoms with Crippen molar-refractivity contribution < 1.29 is 9.90 Å². The Morgan fingerprint density at radius 1 is 1.35 bits per heavy atom. The van der Waals surface area contributed by atoms with E-state index >= 15 is 0 Å². The molecule has 0 aromatic carbocycles. The molecule has 1 aliphatic rings. The van der Waals surface area contributed by atoms with Crippen molar-refractivity contribution in [1.29, 1.82) is 0 Å². The van der Waals surface area contributed by atoms with Crippen LogP contribution in [0.1, 0.15) is 59.3 Å². The van der Waals surface area contributed by atoms with E-state index in [9.17, 15) is 9.90 Å². The predicted octanol–water partition coefficient (Wildman–Crippen LogP) is 2.58. The monoisotopic (exact) mass is 241 g/mol. The molecule has 0 aliphatic heterocycles. The van der Waals surface area contributed by atoms with Crippen LogP contribution in [0.25, 0.3) is 0 Å². The van der Waals surface area contributed by atoms with Crippen LogP contribution in [0.5, 0.6) is 0 Å². The fourth-order valence-electron chi connectivity index (χ4n) is 2.63. The van der Waals surface area contributed by atoms with Crippen molar-refractivity contribution in [3.05, 3.63) is 0 Å². The highest BCUT2D eigenvalue weighted by molar-refractivity contribution is 5.76. The first-order valence-corrected chi connectivity index (χ1v) is 6.92. The quantitative estimate of drug-likeness (QED) is 0.776. The Hall–Kier alpha value is -0.570. The van der Waals surface area contributed by atoms with Gasteiger partial charge in [-0.1, -0.05) is 25.7 Å². The van der Waals surface area contributed by atoms with Gasteiger partial charge in [0.05, 0.1) is 5.60 Å². The summed E-state index contributed by atoms with van der Waals surface area (Å²) < 4.78 is 0. The highest BCUT2D eigenvalue weighted by atomic mass is 16.3. The van der Waals surface area contributed by atoms with Crippen molar-refractivity contribution in [3.63, 3.8) is 0 Å². The van der Waals surface area contributed by atoms with Crippen LogP contribution in [0.3, 0.4) is 0 Å². The van der Waals surface area contributed by atoms with Crippen LogP contribution in [0.15, 0.2) is 0 Å². The number of likely N-dealkylation sites (N-methyl/N-ethyl adjacent to an activating group) is 1. The van der Waals surface area contributed by atoms with E-state index in [2.05, 4.69) is 0 Å². The summed E-state index contributed by atoms with van der Waals surface area (Å²) >= 11 is 0. The minimum absolute atomic E-state index is 0.196. The van der Waals surface area contributed by atoms with Crippen LogP contribution >= 0.6 is 0 Å².